The van der Waals surface area contributed by atoms with Crippen molar-refractivity contribution < 1.29 is 9.90 Å². The molecule has 118 valence electrons. The molecule has 0 aromatic heterocycles. The zero-order valence-corrected chi connectivity index (χ0v) is 13.5. The van der Waals surface area contributed by atoms with Gasteiger partial charge in [0.1, 0.15) is 5.54 Å². The van der Waals surface area contributed by atoms with E-state index in [1.165, 1.54) is 38.5 Å². The van der Waals surface area contributed by atoms with Crippen LogP contribution in [0.5, 0.6) is 0 Å². The fourth-order valence-electron chi connectivity index (χ4n) is 3.22. The Hall–Kier alpha value is -0.610. The van der Waals surface area contributed by atoms with Crippen molar-refractivity contribution in [3.8, 4) is 0 Å². The number of nitrogens with one attached hydrogen (secondary N) is 1. The van der Waals surface area contributed by atoms with E-state index in [4.69, 9.17) is 0 Å². The van der Waals surface area contributed by atoms with Crippen molar-refractivity contribution in [1.29, 1.82) is 0 Å². The summed E-state index contributed by atoms with van der Waals surface area (Å²) in [5, 5.41) is 12.4. The molecule has 0 heterocycles. The Kier molecular flexibility index (Phi) is 7.52. The Morgan fingerprint density at radius 3 is 2.40 bits per heavy atom. The maximum Gasteiger partial charge on any atom is 0.323 e. The summed E-state index contributed by atoms with van der Waals surface area (Å²) in [5.41, 5.74) is -0.779. The molecule has 0 saturated heterocycles. The van der Waals surface area contributed by atoms with E-state index >= 15 is 0 Å². The summed E-state index contributed by atoms with van der Waals surface area (Å²) < 4.78 is 0. The van der Waals surface area contributed by atoms with E-state index in [9.17, 15) is 9.90 Å². The molecule has 1 unspecified atom stereocenters. The predicted octanol–water partition coefficient (Wildman–Crippen LogP) is 2.87. The van der Waals surface area contributed by atoms with Crippen molar-refractivity contribution in [3.63, 3.8) is 0 Å². The highest BCUT2D eigenvalue weighted by Crippen LogP contribution is 2.22. The van der Waals surface area contributed by atoms with Crippen LogP contribution in [0.3, 0.4) is 0 Å². The fraction of sp³-hybridized carbons (Fsp3) is 0.938. The molecule has 0 radical (unpaired) electrons. The Labute approximate surface area is 123 Å². The van der Waals surface area contributed by atoms with Crippen LogP contribution in [0.4, 0.5) is 0 Å². The van der Waals surface area contributed by atoms with Gasteiger partial charge in [0, 0.05) is 6.04 Å². The molecular formula is C16H32N2O2. The Balaban J connectivity index is 2.35. The molecule has 1 fully saturated rings. The Morgan fingerprint density at radius 1 is 1.30 bits per heavy atom. The predicted molar refractivity (Wildman–Crippen MR) is 83.1 cm³/mol. The highest BCUT2D eigenvalue weighted by atomic mass is 16.4. The molecule has 1 aliphatic rings. The van der Waals surface area contributed by atoms with Gasteiger partial charge in [-0.25, -0.2) is 0 Å². The summed E-state index contributed by atoms with van der Waals surface area (Å²) in [6.45, 7) is 5.45. The second-order valence-corrected chi connectivity index (χ2v) is 6.40. The molecule has 0 bridgehead atoms. The quantitative estimate of drug-likeness (QED) is 0.673. The lowest BCUT2D eigenvalue weighted by atomic mass is 9.95. The number of nitrogens with zero attached hydrogens (tertiary/aromatic N) is 1. The van der Waals surface area contributed by atoms with Gasteiger partial charge in [0.15, 0.2) is 0 Å². The average Bonchev–Trinajstić information content (AvgIpc) is 2.67. The fourth-order valence-corrected chi connectivity index (χ4v) is 3.22. The first-order chi connectivity index (χ1) is 9.49. The van der Waals surface area contributed by atoms with Gasteiger partial charge in [-0.05, 0) is 52.7 Å². The van der Waals surface area contributed by atoms with Crippen molar-refractivity contribution in [3.05, 3.63) is 0 Å². The van der Waals surface area contributed by atoms with E-state index in [1.54, 1.807) is 6.92 Å². The van der Waals surface area contributed by atoms with Gasteiger partial charge in [-0.1, -0.05) is 32.6 Å². The van der Waals surface area contributed by atoms with Gasteiger partial charge in [0.05, 0.1) is 0 Å². The molecule has 0 aromatic carbocycles. The molecule has 1 saturated carbocycles. The van der Waals surface area contributed by atoms with Crippen LogP contribution in [0, 0.1) is 0 Å². The minimum Gasteiger partial charge on any atom is -0.480 e. The highest BCUT2D eigenvalue weighted by molar-refractivity contribution is 5.78. The molecule has 0 spiro atoms. The lowest BCUT2D eigenvalue weighted by molar-refractivity contribution is -0.144. The number of carbonyl (C=O) groups is 1. The molecule has 0 amide bonds. The lowest BCUT2D eigenvalue weighted by Gasteiger charge is -2.30. The SMILES string of the molecule is CCNC(C)(CCCN(C)C1CCCCCC1)C(=O)O. The third kappa shape index (κ3) is 5.41. The zero-order chi connectivity index (χ0) is 15.0. The summed E-state index contributed by atoms with van der Waals surface area (Å²) in [6.07, 6.45) is 9.68. The van der Waals surface area contributed by atoms with E-state index < -0.39 is 11.5 Å². The van der Waals surface area contributed by atoms with Gasteiger partial charge in [0.25, 0.3) is 0 Å². The van der Waals surface area contributed by atoms with Gasteiger partial charge < -0.3 is 15.3 Å². The normalized spacial score (nSPS) is 20.6. The van der Waals surface area contributed by atoms with Gasteiger partial charge in [-0.15, -0.1) is 0 Å². The minimum atomic E-state index is -0.779. The smallest absolute Gasteiger partial charge is 0.323 e. The van der Waals surface area contributed by atoms with Crippen LogP contribution in [0.15, 0.2) is 0 Å². The number of hydrogen-bond donors (Lipinski definition) is 2. The maximum atomic E-state index is 11.4. The first-order valence-corrected chi connectivity index (χ1v) is 8.18. The van der Waals surface area contributed by atoms with Gasteiger partial charge in [-0.2, -0.15) is 0 Å². The van der Waals surface area contributed by atoms with Crippen molar-refractivity contribution in [2.75, 3.05) is 20.1 Å². The largest absolute Gasteiger partial charge is 0.480 e. The second kappa shape index (κ2) is 8.63. The van der Waals surface area contributed by atoms with Crippen LogP contribution in [0.25, 0.3) is 0 Å². The Bertz CT molecular complexity index is 288. The highest BCUT2D eigenvalue weighted by Gasteiger charge is 2.31. The van der Waals surface area contributed by atoms with Gasteiger partial charge >= 0.3 is 5.97 Å². The number of rotatable bonds is 8. The van der Waals surface area contributed by atoms with Gasteiger partial charge in [0.2, 0.25) is 0 Å². The van der Waals surface area contributed by atoms with E-state index in [0.717, 1.165) is 13.0 Å². The van der Waals surface area contributed by atoms with Gasteiger partial charge in [-0.3, -0.25) is 4.79 Å². The number of carboxylic acids is 1. The van der Waals surface area contributed by atoms with Crippen LogP contribution in [0.1, 0.15) is 65.2 Å². The molecule has 2 N–H and O–H groups in total. The molecule has 0 aromatic rings. The Morgan fingerprint density at radius 2 is 1.90 bits per heavy atom. The van der Waals surface area contributed by atoms with Crippen LogP contribution >= 0.6 is 0 Å². The van der Waals surface area contributed by atoms with Crippen molar-refractivity contribution in [2.45, 2.75) is 76.8 Å². The summed E-state index contributed by atoms with van der Waals surface area (Å²) >= 11 is 0. The van der Waals surface area contributed by atoms with Crippen LogP contribution in [-0.4, -0.2) is 47.7 Å². The average molecular weight is 284 g/mol. The molecule has 1 rings (SSSR count). The molecule has 1 atom stereocenters. The topological polar surface area (TPSA) is 52.6 Å². The molecule has 1 aliphatic carbocycles. The van der Waals surface area contributed by atoms with Crippen LogP contribution in [0.2, 0.25) is 0 Å². The zero-order valence-electron chi connectivity index (χ0n) is 13.5. The third-order valence-corrected chi connectivity index (χ3v) is 4.67. The lowest BCUT2D eigenvalue weighted by Crippen LogP contribution is -2.49. The molecule has 20 heavy (non-hydrogen) atoms. The monoisotopic (exact) mass is 284 g/mol. The maximum absolute atomic E-state index is 11.4. The molecule has 0 aliphatic heterocycles. The molecule has 4 nitrogen and oxygen atoms in total. The van der Waals surface area contributed by atoms with Crippen LogP contribution in [-0.2, 0) is 4.79 Å². The summed E-state index contributed by atoms with van der Waals surface area (Å²) in [4.78, 5) is 13.8. The van der Waals surface area contributed by atoms with E-state index in [1.807, 2.05) is 6.92 Å². The minimum absolute atomic E-state index is 0.688. The van der Waals surface area contributed by atoms with Crippen molar-refractivity contribution >= 4 is 5.97 Å². The second-order valence-electron chi connectivity index (χ2n) is 6.40. The summed E-state index contributed by atoms with van der Waals surface area (Å²) in [7, 11) is 2.20. The molecule has 4 heteroatoms. The third-order valence-electron chi connectivity index (χ3n) is 4.67. The number of hydrogen-bond acceptors (Lipinski definition) is 3. The first kappa shape index (κ1) is 17.4. The van der Waals surface area contributed by atoms with Crippen LogP contribution < -0.4 is 5.32 Å². The summed E-state index contributed by atoms with van der Waals surface area (Å²) in [6, 6.07) is 0.702. The number of carboxylic acid groups (broad SMARTS) is 1. The number of aliphatic carboxylic acids is 1. The van der Waals surface area contributed by atoms with Crippen molar-refractivity contribution in [1.82, 2.24) is 10.2 Å². The standard InChI is InChI=1S/C16H32N2O2/c1-4-17-16(2,15(19)20)12-9-13-18(3)14-10-7-5-6-8-11-14/h14,17H,4-13H2,1-3H3,(H,19,20). The molecular weight excluding hydrogens is 252 g/mol. The van der Waals surface area contributed by atoms with E-state index in [0.29, 0.717) is 19.0 Å². The van der Waals surface area contributed by atoms with Crippen molar-refractivity contribution in [2.24, 2.45) is 0 Å². The first-order valence-electron chi connectivity index (χ1n) is 8.18. The summed E-state index contributed by atoms with van der Waals surface area (Å²) in [5.74, 6) is -0.739. The number of likely N-dealkylation sites (N-methyl/N-ethyl adjacent to an activating group) is 1. The van der Waals surface area contributed by atoms with E-state index in [2.05, 4.69) is 17.3 Å². The van der Waals surface area contributed by atoms with E-state index in [-0.39, 0.29) is 0 Å².